The largest absolute Gasteiger partial charge is 0.340 e. The van der Waals surface area contributed by atoms with E-state index in [1.54, 1.807) is 13.0 Å². The number of benzene rings is 2. The van der Waals surface area contributed by atoms with Crippen LogP contribution in [0, 0.1) is 18.6 Å². The number of hydrogen-bond donors (Lipinski definition) is 2. The summed E-state index contributed by atoms with van der Waals surface area (Å²) in [7, 11) is 0. The van der Waals surface area contributed by atoms with Crippen molar-refractivity contribution in [1.82, 2.24) is 9.97 Å². The van der Waals surface area contributed by atoms with Crippen molar-refractivity contribution in [2.45, 2.75) is 6.92 Å². The van der Waals surface area contributed by atoms with Crippen molar-refractivity contribution in [2.75, 3.05) is 10.6 Å². The maximum Gasteiger partial charge on any atom is 0.160 e. The topological polar surface area (TPSA) is 49.8 Å². The number of aryl methyl sites for hydroxylation is 1. The molecule has 4 nitrogen and oxygen atoms in total. The first-order valence-electron chi connectivity index (χ1n) is 7.00. The molecule has 1 aromatic heterocycles. The van der Waals surface area contributed by atoms with Gasteiger partial charge >= 0.3 is 0 Å². The lowest BCUT2D eigenvalue weighted by atomic mass is 10.3. The highest BCUT2D eigenvalue weighted by Crippen LogP contribution is 2.21. The van der Waals surface area contributed by atoms with E-state index in [9.17, 15) is 8.78 Å². The number of para-hydroxylation sites is 1. The predicted molar refractivity (Wildman–Crippen MR) is 86.1 cm³/mol. The lowest BCUT2D eigenvalue weighted by Gasteiger charge is -2.10. The lowest BCUT2D eigenvalue weighted by molar-refractivity contribution is 0.509. The van der Waals surface area contributed by atoms with E-state index >= 15 is 0 Å². The second kappa shape index (κ2) is 6.39. The zero-order chi connectivity index (χ0) is 16.2. The van der Waals surface area contributed by atoms with E-state index in [4.69, 9.17) is 0 Å². The zero-order valence-electron chi connectivity index (χ0n) is 12.3. The van der Waals surface area contributed by atoms with E-state index in [1.165, 1.54) is 6.07 Å². The normalized spacial score (nSPS) is 10.4. The molecule has 0 saturated carbocycles. The monoisotopic (exact) mass is 312 g/mol. The maximum absolute atomic E-state index is 13.3. The molecule has 0 radical (unpaired) electrons. The summed E-state index contributed by atoms with van der Waals surface area (Å²) in [5, 5.41) is 6.11. The summed E-state index contributed by atoms with van der Waals surface area (Å²) < 4.78 is 26.2. The minimum atomic E-state index is -0.914. The van der Waals surface area contributed by atoms with Crippen LogP contribution in [0.5, 0.6) is 0 Å². The van der Waals surface area contributed by atoms with Gasteiger partial charge in [-0.15, -0.1) is 0 Å². The number of nitrogens with one attached hydrogen (secondary N) is 2. The van der Waals surface area contributed by atoms with E-state index in [0.29, 0.717) is 23.1 Å². The van der Waals surface area contributed by atoms with Crippen LogP contribution in [0.1, 0.15) is 5.82 Å². The maximum atomic E-state index is 13.3. The number of aromatic nitrogens is 2. The highest BCUT2D eigenvalue weighted by Gasteiger charge is 2.06. The number of halogens is 2. The van der Waals surface area contributed by atoms with Crippen LogP contribution >= 0.6 is 0 Å². The van der Waals surface area contributed by atoms with Crippen molar-refractivity contribution in [1.29, 1.82) is 0 Å². The Hall–Kier alpha value is -3.02. The summed E-state index contributed by atoms with van der Waals surface area (Å²) >= 11 is 0. The SMILES string of the molecule is Cc1nc(Nc2ccccc2)cc(Nc2ccc(F)c(F)c2)n1. The quantitative estimate of drug-likeness (QED) is 0.742. The zero-order valence-corrected chi connectivity index (χ0v) is 12.3. The van der Waals surface area contributed by atoms with Gasteiger partial charge in [-0.2, -0.15) is 0 Å². The molecular weight excluding hydrogens is 298 g/mol. The minimum absolute atomic E-state index is 0.410. The summed E-state index contributed by atoms with van der Waals surface area (Å²) in [6.45, 7) is 1.76. The summed E-state index contributed by atoms with van der Waals surface area (Å²) in [5.41, 5.74) is 1.30. The first-order chi connectivity index (χ1) is 11.1. The number of anilines is 4. The Morgan fingerprint density at radius 3 is 2.04 bits per heavy atom. The van der Waals surface area contributed by atoms with Crippen molar-refractivity contribution >= 4 is 23.0 Å². The molecule has 23 heavy (non-hydrogen) atoms. The van der Waals surface area contributed by atoms with Gasteiger partial charge in [-0.3, -0.25) is 0 Å². The molecule has 0 spiro atoms. The molecule has 6 heteroatoms. The van der Waals surface area contributed by atoms with Crippen LogP contribution in [0.2, 0.25) is 0 Å². The Morgan fingerprint density at radius 1 is 0.739 bits per heavy atom. The molecule has 2 N–H and O–H groups in total. The van der Waals surface area contributed by atoms with Gasteiger partial charge in [-0.05, 0) is 31.2 Å². The molecule has 2 aromatic carbocycles. The lowest BCUT2D eigenvalue weighted by Crippen LogP contribution is -2.01. The summed E-state index contributed by atoms with van der Waals surface area (Å²) in [5.74, 6) is -0.156. The van der Waals surface area contributed by atoms with Crippen molar-refractivity contribution in [2.24, 2.45) is 0 Å². The molecule has 0 saturated heterocycles. The Morgan fingerprint density at radius 2 is 1.39 bits per heavy atom. The van der Waals surface area contributed by atoms with Crippen LogP contribution < -0.4 is 10.6 Å². The van der Waals surface area contributed by atoms with Crippen LogP contribution in [0.15, 0.2) is 54.6 Å². The minimum Gasteiger partial charge on any atom is -0.340 e. The van der Waals surface area contributed by atoms with Crippen LogP contribution in [0.25, 0.3) is 0 Å². The fourth-order valence-electron chi connectivity index (χ4n) is 2.09. The Labute approximate surface area is 132 Å². The van der Waals surface area contributed by atoms with Crippen LogP contribution in [-0.4, -0.2) is 9.97 Å². The molecule has 3 rings (SSSR count). The van der Waals surface area contributed by atoms with Gasteiger partial charge in [0.25, 0.3) is 0 Å². The highest BCUT2D eigenvalue weighted by molar-refractivity contribution is 5.63. The van der Waals surface area contributed by atoms with Crippen molar-refractivity contribution in [3.63, 3.8) is 0 Å². The van der Waals surface area contributed by atoms with Crippen LogP contribution in [0.3, 0.4) is 0 Å². The smallest absolute Gasteiger partial charge is 0.160 e. The fraction of sp³-hybridized carbons (Fsp3) is 0.0588. The molecule has 0 amide bonds. The molecule has 0 bridgehead atoms. The number of rotatable bonds is 4. The highest BCUT2D eigenvalue weighted by atomic mass is 19.2. The van der Waals surface area contributed by atoms with Gasteiger partial charge in [0, 0.05) is 23.5 Å². The molecule has 0 atom stereocenters. The van der Waals surface area contributed by atoms with E-state index in [-0.39, 0.29) is 0 Å². The summed E-state index contributed by atoms with van der Waals surface area (Å²) in [4.78, 5) is 8.55. The standard InChI is InChI=1S/C17H14F2N4/c1-11-20-16(22-12-5-3-2-4-6-12)10-17(21-11)23-13-7-8-14(18)15(19)9-13/h2-10H,1H3,(H2,20,21,22,23). The molecule has 0 aliphatic heterocycles. The van der Waals surface area contributed by atoms with Gasteiger partial charge < -0.3 is 10.6 Å². The van der Waals surface area contributed by atoms with E-state index in [2.05, 4.69) is 20.6 Å². The van der Waals surface area contributed by atoms with E-state index in [0.717, 1.165) is 17.8 Å². The third kappa shape index (κ3) is 3.79. The predicted octanol–water partition coefficient (Wildman–Crippen LogP) is 4.55. The van der Waals surface area contributed by atoms with E-state index < -0.39 is 11.6 Å². The van der Waals surface area contributed by atoms with Crippen molar-refractivity contribution in [3.05, 3.63) is 72.1 Å². The molecule has 3 aromatic rings. The van der Waals surface area contributed by atoms with Gasteiger partial charge in [0.15, 0.2) is 11.6 Å². The van der Waals surface area contributed by atoms with Crippen LogP contribution in [-0.2, 0) is 0 Å². The molecular formula is C17H14F2N4. The average Bonchev–Trinajstić information content (AvgIpc) is 2.51. The van der Waals surface area contributed by atoms with Gasteiger partial charge in [-0.25, -0.2) is 18.7 Å². The number of nitrogens with zero attached hydrogens (tertiary/aromatic N) is 2. The van der Waals surface area contributed by atoms with Crippen molar-refractivity contribution < 1.29 is 8.78 Å². The van der Waals surface area contributed by atoms with Gasteiger partial charge in [0.2, 0.25) is 0 Å². The molecule has 0 unspecified atom stereocenters. The molecule has 116 valence electrons. The summed E-state index contributed by atoms with van der Waals surface area (Å²) in [6.07, 6.45) is 0. The average molecular weight is 312 g/mol. The Kier molecular flexibility index (Phi) is 4.14. The van der Waals surface area contributed by atoms with Crippen LogP contribution in [0.4, 0.5) is 31.8 Å². The van der Waals surface area contributed by atoms with E-state index in [1.807, 2.05) is 30.3 Å². The second-order valence-corrected chi connectivity index (χ2v) is 4.93. The third-order valence-electron chi connectivity index (χ3n) is 3.08. The third-order valence-corrected chi connectivity index (χ3v) is 3.08. The molecule has 0 fully saturated rings. The Bertz CT molecular complexity index is 822. The van der Waals surface area contributed by atoms with Crippen molar-refractivity contribution in [3.8, 4) is 0 Å². The molecule has 0 aliphatic carbocycles. The molecule has 0 aliphatic rings. The first-order valence-corrected chi connectivity index (χ1v) is 7.00. The summed E-state index contributed by atoms with van der Waals surface area (Å²) in [6, 6.07) is 14.9. The number of hydrogen-bond acceptors (Lipinski definition) is 4. The fourth-order valence-corrected chi connectivity index (χ4v) is 2.09. The van der Waals surface area contributed by atoms with Gasteiger partial charge in [0.1, 0.15) is 17.5 Å². The molecule has 1 heterocycles. The van der Waals surface area contributed by atoms with Gasteiger partial charge in [0.05, 0.1) is 0 Å². The van der Waals surface area contributed by atoms with Gasteiger partial charge in [-0.1, -0.05) is 18.2 Å². The second-order valence-electron chi connectivity index (χ2n) is 4.93. The Balaban J connectivity index is 1.83. The first kappa shape index (κ1) is 14.9.